The monoisotopic (exact) mass is 261 g/mol. The molecule has 0 radical (unpaired) electrons. The van der Waals surface area contributed by atoms with E-state index in [0.717, 1.165) is 43.9 Å². The van der Waals surface area contributed by atoms with Crippen molar-refractivity contribution in [2.75, 3.05) is 30.3 Å². The van der Waals surface area contributed by atoms with E-state index in [1.54, 1.807) is 0 Å². The highest BCUT2D eigenvalue weighted by Crippen LogP contribution is 2.21. The number of hydrogen-bond donors (Lipinski definition) is 1. The highest BCUT2D eigenvalue weighted by atomic mass is 16.2. The summed E-state index contributed by atoms with van der Waals surface area (Å²) in [6.45, 7) is 6.64. The van der Waals surface area contributed by atoms with Gasteiger partial charge in [0.15, 0.2) is 0 Å². The van der Waals surface area contributed by atoms with Gasteiger partial charge in [0.1, 0.15) is 6.04 Å². The van der Waals surface area contributed by atoms with Gasteiger partial charge in [-0.2, -0.15) is 0 Å². The van der Waals surface area contributed by atoms with E-state index in [9.17, 15) is 4.79 Å². The van der Waals surface area contributed by atoms with E-state index in [2.05, 4.69) is 11.8 Å². The van der Waals surface area contributed by atoms with Crippen LogP contribution in [0.5, 0.6) is 0 Å². The van der Waals surface area contributed by atoms with Crippen molar-refractivity contribution in [3.05, 3.63) is 24.3 Å². The van der Waals surface area contributed by atoms with Crippen LogP contribution in [0.4, 0.5) is 11.4 Å². The van der Waals surface area contributed by atoms with Gasteiger partial charge in [0.25, 0.3) is 0 Å². The number of anilines is 2. The van der Waals surface area contributed by atoms with Gasteiger partial charge in [0.2, 0.25) is 5.91 Å². The van der Waals surface area contributed by atoms with Crippen molar-refractivity contribution >= 4 is 17.3 Å². The second kappa shape index (κ2) is 5.95. The Bertz CT molecular complexity index is 441. The number of nitrogens with zero attached hydrogens (tertiary/aromatic N) is 2. The molecular weight excluding hydrogens is 238 g/mol. The SMILES string of the molecule is CCN(c1cccc(N)c1)C(C)C(=O)N1CCCC1. The number of hydrogen-bond acceptors (Lipinski definition) is 3. The summed E-state index contributed by atoms with van der Waals surface area (Å²) >= 11 is 0. The zero-order valence-corrected chi connectivity index (χ0v) is 11.8. The molecule has 0 saturated carbocycles. The number of nitrogen functional groups attached to an aromatic ring is 1. The third kappa shape index (κ3) is 3.00. The van der Waals surface area contributed by atoms with Gasteiger partial charge in [-0.15, -0.1) is 0 Å². The van der Waals surface area contributed by atoms with Crippen molar-refractivity contribution in [2.24, 2.45) is 0 Å². The number of carbonyl (C=O) groups excluding carboxylic acids is 1. The van der Waals surface area contributed by atoms with Crippen molar-refractivity contribution in [3.8, 4) is 0 Å². The molecule has 1 heterocycles. The van der Waals surface area contributed by atoms with E-state index in [0.29, 0.717) is 0 Å². The molecule has 4 heteroatoms. The smallest absolute Gasteiger partial charge is 0.244 e. The van der Waals surface area contributed by atoms with Crippen LogP contribution in [-0.4, -0.2) is 36.5 Å². The third-order valence-electron chi connectivity index (χ3n) is 3.79. The van der Waals surface area contributed by atoms with E-state index >= 15 is 0 Å². The number of carbonyl (C=O) groups is 1. The average Bonchev–Trinajstić information content (AvgIpc) is 2.92. The predicted molar refractivity (Wildman–Crippen MR) is 79.2 cm³/mol. The summed E-state index contributed by atoms with van der Waals surface area (Å²) < 4.78 is 0. The normalized spacial score (nSPS) is 16.4. The molecular formula is C15H23N3O. The van der Waals surface area contributed by atoms with Gasteiger partial charge < -0.3 is 15.5 Å². The Morgan fingerprint density at radius 1 is 1.42 bits per heavy atom. The number of nitrogens with two attached hydrogens (primary N) is 1. The van der Waals surface area contributed by atoms with Crippen LogP contribution in [0.25, 0.3) is 0 Å². The first-order valence-corrected chi connectivity index (χ1v) is 7.04. The Hall–Kier alpha value is -1.71. The predicted octanol–water partition coefficient (Wildman–Crippen LogP) is 2.11. The minimum absolute atomic E-state index is 0.134. The Balaban J connectivity index is 2.14. The maximum Gasteiger partial charge on any atom is 0.244 e. The molecule has 1 aromatic carbocycles. The first-order valence-electron chi connectivity index (χ1n) is 7.04. The lowest BCUT2D eigenvalue weighted by atomic mass is 10.2. The molecule has 1 aliphatic rings. The summed E-state index contributed by atoms with van der Waals surface area (Å²) in [5.41, 5.74) is 7.58. The Morgan fingerprint density at radius 2 is 2.11 bits per heavy atom. The van der Waals surface area contributed by atoms with Gasteiger partial charge in [-0.25, -0.2) is 0 Å². The minimum atomic E-state index is -0.134. The van der Waals surface area contributed by atoms with Gasteiger partial charge in [-0.3, -0.25) is 4.79 Å². The summed E-state index contributed by atoms with van der Waals surface area (Å²) in [4.78, 5) is 16.5. The molecule has 104 valence electrons. The van der Waals surface area contributed by atoms with Crippen LogP contribution in [0.1, 0.15) is 26.7 Å². The van der Waals surface area contributed by atoms with E-state index in [1.165, 1.54) is 0 Å². The molecule has 0 aliphatic carbocycles. The molecule has 0 bridgehead atoms. The van der Waals surface area contributed by atoms with E-state index in [4.69, 9.17) is 5.73 Å². The second-order valence-electron chi connectivity index (χ2n) is 5.09. The van der Waals surface area contributed by atoms with E-state index in [1.807, 2.05) is 36.1 Å². The lowest BCUT2D eigenvalue weighted by Crippen LogP contribution is -2.46. The summed E-state index contributed by atoms with van der Waals surface area (Å²) in [7, 11) is 0. The molecule has 1 aliphatic heterocycles. The largest absolute Gasteiger partial charge is 0.399 e. The van der Waals surface area contributed by atoms with Crippen LogP contribution in [-0.2, 0) is 4.79 Å². The maximum absolute atomic E-state index is 12.5. The lowest BCUT2D eigenvalue weighted by Gasteiger charge is -2.32. The zero-order chi connectivity index (χ0) is 13.8. The van der Waals surface area contributed by atoms with E-state index in [-0.39, 0.29) is 11.9 Å². The van der Waals surface area contributed by atoms with Gasteiger partial charge in [-0.05, 0) is 44.9 Å². The third-order valence-corrected chi connectivity index (χ3v) is 3.79. The fourth-order valence-corrected chi connectivity index (χ4v) is 2.72. The van der Waals surface area contributed by atoms with Crippen LogP contribution >= 0.6 is 0 Å². The molecule has 0 aromatic heterocycles. The zero-order valence-electron chi connectivity index (χ0n) is 11.8. The Labute approximate surface area is 115 Å². The summed E-state index contributed by atoms with van der Waals surface area (Å²) in [6.07, 6.45) is 2.26. The Kier molecular flexibility index (Phi) is 4.30. The Morgan fingerprint density at radius 3 is 2.68 bits per heavy atom. The molecule has 2 rings (SSSR count). The van der Waals surface area contributed by atoms with Crippen molar-refractivity contribution < 1.29 is 4.79 Å². The first kappa shape index (κ1) is 13.7. The molecule has 1 amide bonds. The highest BCUT2D eigenvalue weighted by Gasteiger charge is 2.27. The number of likely N-dealkylation sites (tertiary alicyclic amines) is 1. The summed E-state index contributed by atoms with van der Waals surface area (Å²) in [6, 6.07) is 7.60. The maximum atomic E-state index is 12.5. The molecule has 0 spiro atoms. The molecule has 2 N–H and O–H groups in total. The van der Waals surface area contributed by atoms with Crippen molar-refractivity contribution in [1.29, 1.82) is 0 Å². The average molecular weight is 261 g/mol. The standard InChI is InChI=1S/C15H23N3O/c1-3-18(14-8-6-7-13(16)11-14)12(2)15(19)17-9-4-5-10-17/h6-8,11-12H,3-5,9-10,16H2,1-2H3. The number of benzene rings is 1. The number of likely N-dealkylation sites (N-methyl/N-ethyl adjacent to an activating group) is 1. The molecule has 19 heavy (non-hydrogen) atoms. The van der Waals surface area contributed by atoms with Crippen molar-refractivity contribution in [3.63, 3.8) is 0 Å². The van der Waals surface area contributed by atoms with Crippen LogP contribution in [0.15, 0.2) is 24.3 Å². The van der Waals surface area contributed by atoms with Crippen LogP contribution in [0.2, 0.25) is 0 Å². The first-order chi connectivity index (χ1) is 9.13. The van der Waals surface area contributed by atoms with E-state index < -0.39 is 0 Å². The van der Waals surface area contributed by atoms with Crippen LogP contribution in [0.3, 0.4) is 0 Å². The highest BCUT2D eigenvalue weighted by molar-refractivity contribution is 5.85. The van der Waals surface area contributed by atoms with Crippen molar-refractivity contribution in [2.45, 2.75) is 32.7 Å². The fraction of sp³-hybridized carbons (Fsp3) is 0.533. The van der Waals surface area contributed by atoms with Crippen LogP contribution in [0, 0.1) is 0 Å². The molecule has 1 fully saturated rings. The topological polar surface area (TPSA) is 49.6 Å². The van der Waals surface area contributed by atoms with Crippen molar-refractivity contribution in [1.82, 2.24) is 4.90 Å². The summed E-state index contributed by atoms with van der Waals surface area (Å²) in [5, 5.41) is 0. The minimum Gasteiger partial charge on any atom is -0.399 e. The molecule has 1 atom stereocenters. The van der Waals surface area contributed by atoms with Crippen LogP contribution < -0.4 is 10.6 Å². The molecule has 4 nitrogen and oxygen atoms in total. The second-order valence-corrected chi connectivity index (χ2v) is 5.09. The number of rotatable bonds is 4. The molecule has 1 saturated heterocycles. The number of amides is 1. The van der Waals surface area contributed by atoms with Gasteiger partial charge >= 0.3 is 0 Å². The quantitative estimate of drug-likeness (QED) is 0.844. The van der Waals surface area contributed by atoms with Gasteiger partial charge in [0.05, 0.1) is 0 Å². The van der Waals surface area contributed by atoms with Gasteiger partial charge in [0, 0.05) is 31.0 Å². The molecule has 1 aromatic rings. The summed E-state index contributed by atoms with van der Waals surface area (Å²) in [5.74, 6) is 0.224. The lowest BCUT2D eigenvalue weighted by molar-refractivity contribution is -0.131. The van der Waals surface area contributed by atoms with Gasteiger partial charge in [-0.1, -0.05) is 6.07 Å². The fourth-order valence-electron chi connectivity index (χ4n) is 2.72. The molecule has 1 unspecified atom stereocenters.